The smallest absolute Gasteiger partial charge is 0.161 e. The van der Waals surface area contributed by atoms with Gasteiger partial charge in [0, 0.05) is 35.6 Å². The van der Waals surface area contributed by atoms with E-state index in [4.69, 9.17) is 14.7 Å². The number of nitrogens with one attached hydrogen (secondary N) is 2. The second-order valence-electron chi connectivity index (χ2n) is 9.62. The summed E-state index contributed by atoms with van der Waals surface area (Å²) in [6.45, 7) is 3.83. The molecule has 1 saturated heterocycles. The highest BCUT2D eigenvalue weighted by Gasteiger charge is 2.18. The van der Waals surface area contributed by atoms with Crippen molar-refractivity contribution in [1.82, 2.24) is 40.0 Å². The van der Waals surface area contributed by atoms with Gasteiger partial charge < -0.3 is 9.72 Å². The van der Waals surface area contributed by atoms with Crippen LogP contribution in [0.2, 0.25) is 0 Å². The predicted molar refractivity (Wildman–Crippen MR) is 147 cm³/mol. The molecular formula is C29H25FN8O. The molecule has 5 aromatic heterocycles. The largest absolute Gasteiger partial charge is 0.491 e. The second kappa shape index (κ2) is 9.88. The van der Waals surface area contributed by atoms with E-state index >= 15 is 0 Å². The van der Waals surface area contributed by atoms with Crippen molar-refractivity contribution in [3.8, 4) is 39.7 Å². The van der Waals surface area contributed by atoms with Gasteiger partial charge in [0.1, 0.15) is 29.2 Å². The van der Waals surface area contributed by atoms with Crippen molar-refractivity contribution in [3.63, 3.8) is 0 Å². The Morgan fingerprint density at radius 2 is 1.74 bits per heavy atom. The van der Waals surface area contributed by atoms with E-state index in [1.54, 1.807) is 43.0 Å². The summed E-state index contributed by atoms with van der Waals surface area (Å²) in [5, 5.41) is 7.53. The summed E-state index contributed by atoms with van der Waals surface area (Å²) in [6, 6.07) is 12.4. The van der Waals surface area contributed by atoms with Crippen LogP contribution in [0.3, 0.4) is 0 Å². The van der Waals surface area contributed by atoms with E-state index in [1.807, 2.05) is 18.2 Å². The number of nitrogens with zero attached hydrogens (tertiary/aromatic N) is 6. The van der Waals surface area contributed by atoms with Crippen molar-refractivity contribution < 1.29 is 9.13 Å². The maximum absolute atomic E-state index is 14.6. The van der Waals surface area contributed by atoms with E-state index in [0.717, 1.165) is 36.4 Å². The first kappa shape index (κ1) is 23.4. The van der Waals surface area contributed by atoms with Crippen molar-refractivity contribution >= 4 is 22.1 Å². The standard InChI is InChI=1S/C29H25FN8O/c30-22-6-2-1-5-20(22)21-16-32-17-25-26(21)35-29(34-25)28-27-24(36-37-28)8-7-23(33-27)18-13-19(15-31-14-18)39-12-11-38-9-3-4-10-38/h1-2,5-8,13-17H,3-4,9-12H2,(H,34,35)(H,36,37). The lowest BCUT2D eigenvalue weighted by Gasteiger charge is -2.15. The molecule has 10 heteroatoms. The molecule has 194 valence electrons. The van der Waals surface area contributed by atoms with Gasteiger partial charge in [-0.2, -0.15) is 5.10 Å². The van der Waals surface area contributed by atoms with Gasteiger partial charge >= 0.3 is 0 Å². The van der Waals surface area contributed by atoms with E-state index in [2.05, 4.69) is 30.0 Å². The Morgan fingerprint density at radius 1 is 0.872 bits per heavy atom. The summed E-state index contributed by atoms with van der Waals surface area (Å²) in [6.07, 6.45) is 9.32. The van der Waals surface area contributed by atoms with Crippen LogP contribution in [-0.4, -0.2) is 66.3 Å². The number of imidazole rings is 1. The molecule has 0 bridgehead atoms. The zero-order chi connectivity index (χ0) is 26.2. The number of halogens is 1. The van der Waals surface area contributed by atoms with Crippen molar-refractivity contribution in [1.29, 1.82) is 0 Å². The van der Waals surface area contributed by atoms with Crippen LogP contribution in [0.5, 0.6) is 5.75 Å². The SMILES string of the molecule is Fc1ccccc1-c1cncc2[nH]c(-c3n[nH]c4ccc(-c5cncc(OCCN6CCCC6)c5)nc34)nc12. The Labute approximate surface area is 223 Å². The number of benzene rings is 1. The van der Waals surface area contributed by atoms with Crippen LogP contribution in [0.25, 0.3) is 56.0 Å². The van der Waals surface area contributed by atoms with Crippen LogP contribution in [0.1, 0.15) is 12.8 Å². The number of hydrogen-bond acceptors (Lipinski definition) is 7. The molecule has 0 saturated carbocycles. The molecule has 39 heavy (non-hydrogen) atoms. The predicted octanol–water partition coefficient (Wildman–Crippen LogP) is 5.24. The van der Waals surface area contributed by atoms with Gasteiger partial charge in [-0.15, -0.1) is 0 Å². The molecule has 1 aromatic carbocycles. The molecule has 2 N–H and O–H groups in total. The van der Waals surface area contributed by atoms with Gasteiger partial charge in [-0.05, 0) is 50.2 Å². The number of rotatable bonds is 7. The number of H-pyrrole nitrogens is 2. The molecule has 6 aromatic rings. The van der Waals surface area contributed by atoms with E-state index in [0.29, 0.717) is 51.6 Å². The third-order valence-electron chi connectivity index (χ3n) is 7.07. The molecular weight excluding hydrogens is 495 g/mol. The van der Waals surface area contributed by atoms with Gasteiger partial charge in [0.15, 0.2) is 11.5 Å². The fourth-order valence-electron chi connectivity index (χ4n) is 5.08. The Bertz CT molecular complexity index is 1790. The second-order valence-corrected chi connectivity index (χ2v) is 9.62. The molecule has 9 nitrogen and oxygen atoms in total. The van der Waals surface area contributed by atoms with Crippen LogP contribution in [-0.2, 0) is 0 Å². The lowest BCUT2D eigenvalue weighted by molar-refractivity contribution is 0.237. The number of pyridine rings is 3. The molecule has 1 aliphatic heterocycles. The van der Waals surface area contributed by atoms with Gasteiger partial charge in [0.2, 0.25) is 0 Å². The molecule has 1 fully saturated rings. The van der Waals surface area contributed by atoms with Gasteiger partial charge in [-0.25, -0.2) is 14.4 Å². The molecule has 0 amide bonds. The summed E-state index contributed by atoms with van der Waals surface area (Å²) >= 11 is 0. The summed E-state index contributed by atoms with van der Waals surface area (Å²) in [5.74, 6) is 0.902. The molecule has 0 unspecified atom stereocenters. The van der Waals surface area contributed by atoms with Gasteiger partial charge in [0.05, 0.1) is 29.1 Å². The van der Waals surface area contributed by atoms with Crippen molar-refractivity contribution in [2.45, 2.75) is 12.8 Å². The average Bonchev–Trinajstić information content (AvgIpc) is 3.73. The quantitative estimate of drug-likeness (QED) is 0.296. The maximum atomic E-state index is 14.6. The van der Waals surface area contributed by atoms with Crippen LogP contribution >= 0.6 is 0 Å². The maximum Gasteiger partial charge on any atom is 0.161 e. The van der Waals surface area contributed by atoms with E-state index in [1.165, 1.54) is 18.9 Å². The van der Waals surface area contributed by atoms with Gasteiger partial charge in [-0.1, -0.05) is 18.2 Å². The molecule has 0 aliphatic carbocycles. The number of fused-ring (bicyclic) bond motifs is 2. The lowest BCUT2D eigenvalue weighted by atomic mass is 10.1. The minimum absolute atomic E-state index is 0.330. The number of ether oxygens (including phenoxy) is 1. The third-order valence-corrected chi connectivity index (χ3v) is 7.07. The highest BCUT2D eigenvalue weighted by molar-refractivity contribution is 5.95. The van der Waals surface area contributed by atoms with E-state index in [9.17, 15) is 4.39 Å². The molecule has 6 heterocycles. The Balaban J connectivity index is 1.21. The zero-order valence-electron chi connectivity index (χ0n) is 21.1. The first-order valence-electron chi connectivity index (χ1n) is 13.0. The van der Waals surface area contributed by atoms with Crippen molar-refractivity contribution in [3.05, 3.63) is 73.1 Å². The Morgan fingerprint density at radius 3 is 2.64 bits per heavy atom. The Hall–Kier alpha value is -4.70. The van der Waals surface area contributed by atoms with Crippen LogP contribution < -0.4 is 4.74 Å². The fraction of sp³-hybridized carbons (Fsp3) is 0.207. The molecule has 0 atom stereocenters. The fourth-order valence-corrected chi connectivity index (χ4v) is 5.08. The topological polar surface area (TPSA) is 108 Å². The van der Waals surface area contributed by atoms with Crippen LogP contribution in [0.15, 0.2) is 67.3 Å². The molecule has 7 rings (SSSR count). The van der Waals surface area contributed by atoms with Gasteiger partial charge in [0.25, 0.3) is 0 Å². The third kappa shape index (κ3) is 4.48. The summed E-state index contributed by atoms with van der Waals surface area (Å²) < 4.78 is 20.5. The highest BCUT2D eigenvalue weighted by Crippen LogP contribution is 2.32. The number of likely N-dealkylation sites (tertiary alicyclic amines) is 1. The number of aromatic amines is 2. The average molecular weight is 521 g/mol. The highest BCUT2D eigenvalue weighted by atomic mass is 19.1. The normalized spacial score (nSPS) is 14.0. The minimum Gasteiger partial charge on any atom is -0.491 e. The molecule has 0 spiro atoms. The lowest BCUT2D eigenvalue weighted by Crippen LogP contribution is -2.25. The van der Waals surface area contributed by atoms with E-state index in [-0.39, 0.29) is 5.82 Å². The Kier molecular flexibility index (Phi) is 5.93. The van der Waals surface area contributed by atoms with Crippen LogP contribution in [0.4, 0.5) is 4.39 Å². The first-order chi connectivity index (χ1) is 19.2. The summed E-state index contributed by atoms with van der Waals surface area (Å²) in [4.78, 5) is 24.0. The molecule has 1 aliphatic rings. The van der Waals surface area contributed by atoms with Crippen molar-refractivity contribution in [2.75, 3.05) is 26.2 Å². The number of aromatic nitrogens is 7. The van der Waals surface area contributed by atoms with Gasteiger partial charge in [-0.3, -0.25) is 20.0 Å². The minimum atomic E-state index is -0.330. The van der Waals surface area contributed by atoms with Crippen molar-refractivity contribution in [2.24, 2.45) is 0 Å². The van der Waals surface area contributed by atoms with E-state index < -0.39 is 0 Å². The first-order valence-corrected chi connectivity index (χ1v) is 13.0. The number of hydrogen-bond donors (Lipinski definition) is 2. The summed E-state index contributed by atoms with van der Waals surface area (Å²) in [7, 11) is 0. The zero-order valence-corrected chi connectivity index (χ0v) is 21.1. The summed E-state index contributed by atoms with van der Waals surface area (Å²) in [5.41, 5.74) is 5.92. The van der Waals surface area contributed by atoms with Crippen LogP contribution in [0, 0.1) is 5.82 Å². The molecule has 0 radical (unpaired) electrons. The monoisotopic (exact) mass is 520 g/mol.